The maximum absolute atomic E-state index is 11.3. The van der Waals surface area contributed by atoms with Gasteiger partial charge in [0.25, 0.3) is 0 Å². The van der Waals surface area contributed by atoms with Crippen molar-refractivity contribution >= 4 is 17.2 Å². The Balaban J connectivity index is 2.41. The standard InChI is InChI=1S/C10H16N2OS/c1-3-9(11)10(13)12-4-8-6-14-5-7(8)2/h5-6,9H,3-4,11H2,1-2H3,(H,12,13)/t9-/m0/s1. The lowest BCUT2D eigenvalue weighted by atomic mass is 10.2. The second-order valence-corrected chi connectivity index (χ2v) is 4.06. The molecule has 0 spiro atoms. The van der Waals surface area contributed by atoms with Crippen LogP contribution >= 0.6 is 11.3 Å². The summed E-state index contributed by atoms with van der Waals surface area (Å²) in [5.74, 6) is -0.0712. The minimum atomic E-state index is -0.381. The highest BCUT2D eigenvalue weighted by molar-refractivity contribution is 7.08. The van der Waals surface area contributed by atoms with Gasteiger partial charge in [-0.3, -0.25) is 4.79 Å². The average molecular weight is 212 g/mol. The zero-order valence-electron chi connectivity index (χ0n) is 8.54. The molecule has 14 heavy (non-hydrogen) atoms. The Morgan fingerprint density at radius 3 is 2.86 bits per heavy atom. The van der Waals surface area contributed by atoms with E-state index in [9.17, 15) is 4.79 Å². The van der Waals surface area contributed by atoms with E-state index in [0.29, 0.717) is 13.0 Å². The van der Waals surface area contributed by atoms with E-state index in [0.717, 1.165) is 0 Å². The fraction of sp³-hybridized carbons (Fsp3) is 0.500. The Bertz CT molecular complexity index is 309. The Morgan fingerprint density at radius 1 is 1.64 bits per heavy atom. The molecule has 0 fully saturated rings. The van der Waals surface area contributed by atoms with Crippen molar-refractivity contribution in [2.45, 2.75) is 32.9 Å². The number of carbonyl (C=O) groups is 1. The molecule has 78 valence electrons. The highest BCUT2D eigenvalue weighted by Crippen LogP contribution is 2.12. The maximum Gasteiger partial charge on any atom is 0.237 e. The van der Waals surface area contributed by atoms with Gasteiger partial charge in [-0.15, -0.1) is 0 Å². The van der Waals surface area contributed by atoms with E-state index < -0.39 is 0 Å². The van der Waals surface area contributed by atoms with Crippen LogP contribution in [0.25, 0.3) is 0 Å². The molecule has 1 atom stereocenters. The van der Waals surface area contributed by atoms with Gasteiger partial charge in [-0.2, -0.15) is 11.3 Å². The summed E-state index contributed by atoms with van der Waals surface area (Å²) in [4.78, 5) is 11.3. The summed E-state index contributed by atoms with van der Waals surface area (Å²) in [6.07, 6.45) is 0.675. The van der Waals surface area contributed by atoms with E-state index in [4.69, 9.17) is 5.73 Å². The molecule has 0 aliphatic carbocycles. The van der Waals surface area contributed by atoms with Gasteiger partial charge in [-0.05, 0) is 35.2 Å². The average Bonchev–Trinajstić information content (AvgIpc) is 2.59. The number of nitrogens with two attached hydrogens (primary N) is 1. The van der Waals surface area contributed by atoms with Crippen LogP contribution in [0.2, 0.25) is 0 Å². The number of thiophene rings is 1. The number of carbonyl (C=O) groups excluding carboxylic acids is 1. The first-order valence-electron chi connectivity index (χ1n) is 4.70. The van der Waals surface area contributed by atoms with Crippen LogP contribution in [0.1, 0.15) is 24.5 Å². The van der Waals surface area contributed by atoms with Crippen molar-refractivity contribution in [3.8, 4) is 0 Å². The number of nitrogens with one attached hydrogen (secondary N) is 1. The van der Waals surface area contributed by atoms with Crippen molar-refractivity contribution < 1.29 is 4.79 Å². The molecule has 1 rings (SSSR count). The van der Waals surface area contributed by atoms with Crippen molar-refractivity contribution in [2.75, 3.05) is 0 Å². The van der Waals surface area contributed by atoms with Crippen LogP contribution < -0.4 is 11.1 Å². The van der Waals surface area contributed by atoms with E-state index in [1.54, 1.807) is 11.3 Å². The van der Waals surface area contributed by atoms with Gasteiger partial charge < -0.3 is 11.1 Å². The molecule has 0 bridgehead atoms. The first kappa shape index (κ1) is 11.2. The van der Waals surface area contributed by atoms with Crippen LogP contribution in [0.4, 0.5) is 0 Å². The summed E-state index contributed by atoms with van der Waals surface area (Å²) >= 11 is 1.65. The van der Waals surface area contributed by atoms with Gasteiger partial charge in [0.1, 0.15) is 0 Å². The Hall–Kier alpha value is -0.870. The normalized spacial score (nSPS) is 12.5. The third-order valence-corrected chi connectivity index (χ3v) is 3.10. The molecular weight excluding hydrogens is 196 g/mol. The van der Waals surface area contributed by atoms with Crippen LogP contribution in [-0.2, 0) is 11.3 Å². The highest BCUT2D eigenvalue weighted by atomic mass is 32.1. The summed E-state index contributed by atoms with van der Waals surface area (Å²) in [5, 5.41) is 6.94. The second-order valence-electron chi connectivity index (χ2n) is 3.31. The molecule has 3 N–H and O–H groups in total. The molecule has 0 aliphatic heterocycles. The number of hydrogen-bond acceptors (Lipinski definition) is 3. The SMILES string of the molecule is CC[C@H](N)C(=O)NCc1cscc1C. The van der Waals surface area contributed by atoms with Gasteiger partial charge >= 0.3 is 0 Å². The number of rotatable bonds is 4. The summed E-state index contributed by atoms with van der Waals surface area (Å²) in [6.45, 7) is 4.53. The van der Waals surface area contributed by atoms with Gasteiger partial charge in [0, 0.05) is 6.54 Å². The number of amides is 1. The molecule has 3 nitrogen and oxygen atoms in total. The van der Waals surface area contributed by atoms with E-state index in [2.05, 4.69) is 10.7 Å². The minimum absolute atomic E-state index is 0.0712. The smallest absolute Gasteiger partial charge is 0.237 e. The Morgan fingerprint density at radius 2 is 2.36 bits per heavy atom. The van der Waals surface area contributed by atoms with Gasteiger partial charge in [0.15, 0.2) is 0 Å². The van der Waals surface area contributed by atoms with E-state index >= 15 is 0 Å². The molecule has 1 amide bonds. The van der Waals surface area contributed by atoms with Gasteiger partial charge in [0.2, 0.25) is 5.91 Å². The maximum atomic E-state index is 11.3. The van der Waals surface area contributed by atoms with Gasteiger partial charge in [0.05, 0.1) is 6.04 Å². The molecular formula is C10H16N2OS. The molecule has 0 saturated carbocycles. The van der Waals surface area contributed by atoms with Crippen LogP contribution in [0.15, 0.2) is 10.8 Å². The zero-order valence-corrected chi connectivity index (χ0v) is 9.36. The van der Waals surface area contributed by atoms with Gasteiger partial charge in [-0.1, -0.05) is 6.92 Å². The topological polar surface area (TPSA) is 55.1 Å². The third-order valence-electron chi connectivity index (χ3n) is 2.19. The van der Waals surface area contributed by atoms with Gasteiger partial charge in [-0.25, -0.2) is 0 Å². The van der Waals surface area contributed by atoms with Crippen molar-refractivity contribution in [2.24, 2.45) is 5.73 Å². The first-order chi connectivity index (χ1) is 6.65. The monoisotopic (exact) mass is 212 g/mol. The Labute approximate surface area is 88.3 Å². The second kappa shape index (κ2) is 5.12. The summed E-state index contributed by atoms with van der Waals surface area (Å²) in [6, 6.07) is -0.381. The number of hydrogen-bond donors (Lipinski definition) is 2. The lowest BCUT2D eigenvalue weighted by Gasteiger charge is -2.09. The predicted octanol–water partition coefficient (Wildman–Crippen LogP) is 1.41. The molecule has 0 aliphatic rings. The molecule has 0 saturated heterocycles. The van der Waals surface area contributed by atoms with Crippen molar-refractivity contribution in [3.05, 3.63) is 21.9 Å². The molecule has 1 heterocycles. The highest BCUT2D eigenvalue weighted by Gasteiger charge is 2.10. The quantitative estimate of drug-likeness (QED) is 0.793. The fourth-order valence-corrected chi connectivity index (χ4v) is 1.92. The molecule has 1 aromatic rings. The number of aryl methyl sites for hydroxylation is 1. The van der Waals surface area contributed by atoms with Crippen molar-refractivity contribution in [1.29, 1.82) is 0 Å². The molecule has 0 radical (unpaired) electrons. The summed E-state index contributed by atoms with van der Waals surface area (Å²) in [7, 11) is 0. The summed E-state index contributed by atoms with van der Waals surface area (Å²) in [5.41, 5.74) is 7.98. The summed E-state index contributed by atoms with van der Waals surface area (Å²) < 4.78 is 0. The molecule has 1 aromatic heterocycles. The zero-order chi connectivity index (χ0) is 10.6. The molecule has 0 aromatic carbocycles. The van der Waals surface area contributed by atoms with Crippen LogP contribution in [-0.4, -0.2) is 11.9 Å². The first-order valence-corrected chi connectivity index (χ1v) is 5.64. The largest absolute Gasteiger partial charge is 0.351 e. The third kappa shape index (κ3) is 2.82. The lowest BCUT2D eigenvalue weighted by Crippen LogP contribution is -2.39. The van der Waals surface area contributed by atoms with Crippen LogP contribution in [0.3, 0.4) is 0 Å². The molecule has 4 heteroatoms. The van der Waals surface area contributed by atoms with Crippen molar-refractivity contribution in [1.82, 2.24) is 5.32 Å². The van der Waals surface area contributed by atoms with E-state index in [1.165, 1.54) is 11.1 Å². The van der Waals surface area contributed by atoms with Crippen LogP contribution in [0.5, 0.6) is 0 Å². The Kier molecular flexibility index (Phi) is 4.10. The van der Waals surface area contributed by atoms with E-state index in [-0.39, 0.29) is 11.9 Å². The lowest BCUT2D eigenvalue weighted by molar-refractivity contribution is -0.122. The van der Waals surface area contributed by atoms with E-state index in [1.807, 2.05) is 19.2 Å². The minimum Gasteiger partial charge on any atom is -0.351 e. The molecule has 0 unspecified atom stereocenters. The fourth-order valence-electron chi connectivity index (χ4n) is 1.07. The van der Waals surface area contributed by atoms with Crippen molar-refractivity contribution in [3.63, 3.8) is 0 Å². The van der Waals surface area contributed by atoms with Crippen LogP contribution in [0, 0.1) is 6.92 Å². The predicted molar refractivity (Wildman–Crippen MR) is 59.2 cm³/mol.